The number of halogens is 2. The van der Waals surface area contributed by atoms with Gasteiger partial charge in [-0.1, -0.05) is 13.8 Å². The summed E-state index contributed by atoms with van der Waals surface area (Å²) in [5.74, 6) is -1.16. The molecule has 1 N–H and O–H groups in total. The minimum absolute atomic E-state index is 0.0187. The van der Waals surface area contributed by atoms with Crippen LogP contribution in [0.1, 0.15) is 42.9 Å². The van der Waals surface area contributed by atoms with Gasteiger partial charge in [0.1, 0.15) is 11.6 Å². The fraction of sp³-hybridized carbons (Fsp3) is 0.333. The molecule has 0 radical (unpaired) electrons. The maximum absolute atomic E-state index is 14.5. The Morgan fingerprint density at radius 1 is 1.17 bits per heavy atom. The van der Waals surface area contributed by atoms with E-state index in [0.717, 1.165) is 6.07 Å². The fourth-order valence-corrected chi connectivity index (χ4v) is 3.08. The Balaban J connectivity index is 2.12. The minimum Gasteiger partial charge on any atom is -0.383 e. The zero-order chi connectivity index (χ0) is 21.8. The number of carbonyl (C=O) groups is 1. The number of amides is 1. The molecule has 0 aliphatic carbocycles. The Bertz CT molecular complexity index is 1050. The van der Waals surface area contributed by atoms with Gasteiger partial charge < -0.3 is 10.1 Å². The SMILES string of the molecule is COCC(C)NC(=O)c1cc(-c2ccc(F)cc2F)cc(-n2nnnc2C(C)C)c1. The molecule has 0 aliphatic heterocycles. The van der Waals surface area contributed by atoms with E-state index >= 15 is 0 Å². The molecule has 1 heterocycles. The van der Waals surface area contributed by atoms with Crippen LogP contribution in [-0.2, 0) is 4.74 Å². The van der Waals surface area contributed by atoms with Crippen LogP contribution in [0.3, 0.4) is 0 Å². The summed E-state index contributed by atoms with van der Waals surface area (Å²) >= 11 is 0. The summed E-state index contributed by atoms with van der Waals surface area (Å²) in [7, 11) is 1.55. The summed E-state index contributed by atoms with van der Waals surface area (Å²) in [6.07, 6.45) is 0. The first-order valence-electron chi connectivity index (χ1n) is 9.49. The first-order valence-corrected chi connectivity index (χ1v) is 9.49. The molecule has 158 valence electrons. The Morgan fingerprint density at radius 2 is 1.93 bits per heavy atom. The van der Waals surface area contributed by atoms with Crippen molar-refractivity contribution in [3.63, 3.8) is 0 Å². The molecule has 7 nitrogen and oxygen atoms in total. The molecule has 30 heavy (non-hydrogen) atoms. The van der Waals surface area contributed by atoms with Crippen LogP contribution in [0.2, 0.25) is 0 Å². The molecule has 0 saturated carbocycles. The molecule has 0 aliphatic rings. The van der Waals surface area contributed by atoms with Gasteiger partial charge in [-0.2, -0.15) is 4.68 Å². The molecule has 0 saturated heterocycles. The molecule has 1 aromatic heterocycles. The maximum Gasteiger partial charge on any atom is 0.251 e. The lowest BCUT2D eigenvalue weighted by atomic mass is 10.0. The van der Waals surface area contributed by atoms with Crippen molar-refractivity contribution in [2.75, 3.05) is 13.7 Å². The van der Waals surface area contributed by atoms with E-state index in [1.165, 1.54) is 16.8 Å². The smallest absolute Gasteiger partial charge is 0.251 e. The van der Waals surface area contributed by atoms with E-state index in [-0.39, 0.29) is 23.4 Å². The van der Waals surface area contributed by atoms with E-state index in [1.807, 2.05) is 20.8 Å². The number of methoxy groups -OCH3 is 1. The van der Waals surface area contributed by atoms with Crippen molar-refractivity contribution in [3.8, 4) is 16.8 Å². The zero-order valence-electron chi connectivity index (χ0n) is 17.2. The van der Waals surface area contributed by atoms with Crippen molar-refractivity contribution in [3.05, 3.63) is 59.4 Å². The van der Waals surface area contributed by atoms with Crippen LogP contribution in [0.5, 0.6) is 0 Å². The van der Waals surface area contributed by atoms with Crippen LogP contribution in [0, 0.1) is 11.6 Å². The van der Waals surface area contributed by atoms with Crippen LogP contribution in [-0.4, -0.2) is 45.9 Å². The first-order chi connectivity index (χ1) is 14.3. The van der Waals surface area contributed by atoms with Gasteiger partial charge >= 0.3 is 0 Å². The van der Waals surface area contributed by atoms with Crippen molar-refractivity contribution >= 4 is 5.91 Å². The van der Waals surface area contributed by atoms with Gasteiger partial charge in [0, 0.05) is 36.3 Å². The Labute approximate surface area is 173 Å². The Morgan fingerprint density at radius 3 is 2.60 bits per heavy atom. The molecule has 1 unspecified atom stereocenters. The largest absolute Gasteiger partial charge is 0.383 e. The molecule has 1 atom stereocenters. The second kappa shape index (κ2) is 9.08. The van der Waals surface area contributed by atoms with Crippen LogP contribution in [0.4, 0.5) is 8.78 Å². The normalized spacial score (nSPS) is 12.2. The van der Waals surface area contributed by atoms with Crippen LogP contribution < -0.4 is 5.32 Å². The van der Waals surface area contributed by atoms with Gasteiger partial charge in [-0.3, -0.25) is 4.79 Å². The Hall–Kier alpha value is -3.20. The summed E-state index contributed by atoms with van der Waals surface area (Å²) < 4.78 is 34.4. The van der Waals surface area contributed by atoms with Gasteiger partial charge in [-0.15, -0.1) is 5.10 Å². The number of rotatable bonds is 7. The highest BCUT2D eigenvalue weighted by Gasteiger charge is 2.18. The summed E-state index contributed by atoms with van der Waals surface area (Å²) in [5, 5.41) is 14.6. The van der Waals surface area contributed by atoms with Gasteiger partial charge in [0.05, 0.1) is 12.3 Å². The van der Waals surface area contributed by atoms with Crippen molar-refractivity contribution < 1.29 is 18.3 Å². The van der Waals surface area contributed by atoms with Crippen LogP contribution in [0.25, 0.3) is 16.8 Å². The lowest BCUT2D eigenvalue weighted by molar-refractivity contribution is 0.0905. The highest BCUT2D eigenvalue weighted by atomic mass is 19.1. The number of aromatic nitrogens is 4. The number of hydrogen-bond donors (Lipinski definition) is 1. The van der Waals surface area contributed by atoms with Gasteiger partial charge in [-0.25, -0.2) is 8.78 Å². The van der Waals surface area contributed by atoms with Gasteiger partial charge in [-0.05, 0) is 53.2 Å². The van der Waals surface area contributed by atoms with Crippen molar-refractivity contribution in [1.82, 2.24) is 25.5 Å². The lowest BCUT2D eigenvalue weighted by Gasteiger charge is -2.15. The standard InChI is InChI=1S/C21H23F2N5O2/c1-12(2)20-25-26-27-28(20)17-8-14(18-6-5-16(22)10-19(18)23)7-15(9-17)21(29)24-13(3)11-30-4/h5-10,12-13H,11H2,1-4H3,(H,24,29). The average Bonchev–Trinajstić information content (AvgIpc) is 3.18. The van der Waals surface area contributed by atoms with Crippen molar-refractivity contribution in [1.29, 1.82) is 0 Å². The van der Waals surface area contributed by atoms with Crippen molar-refractivity contribution in [2.45, 2.75) is 32.7 Å². The second-order valence-electron chi connectivity index (χ2n) is 7.33. The molecule has 9 heteroatoms. The molecule has 0 fully saturated rings. The molecular formula is C21H23F2N5O2. The monoisotopic (exact) mass is 415 g/mol. The van der Waals surface area contributed by atoms with Crippen LogP contribution >= 0.6 is 0 Å². The summed E-state index contributed by atoms with van der Waals surface area (Å²) in [4.78, 5) is 12.8. The van der Waals surface area contributed by atoms with Gasteiger partial charge in [0.25, 0.3) is 5.91 Å². The summed E-state index contributed by atoms with van der Waals surface area (Å²) in [6.45, 7) is 6.02. The topological polar surface area (TPSA) is 81.9 Å². The highest BCUT2D eigenvalue weighted by Crippen LogP contribution is 2.28. The third-order valence-electron chi connectivity index (χ3n) is 4.47. The highest BCUT2D eigenvalue weighted by molar-refractivity contribution is 5.96. The molecular weight excluding hydrogens is 392 g/mol. The number of ether oxygens (including phenoxy) is 1. The zero-order valence-corrected chi connectivity index (χ0v) is 17.2. The van der Waals surface area contributed by atoms with E-state index in [9.17, 15) is 13.6 Å². The van der Waals surface area contributed by atoms with E-state index in [1.54, 1.807) is 25.3 Å². The third kappa shape index (κ3) is 4.68. The number of nitrogens with one attached hydrogen (secondary N) is 1. The fourth-order valence-electron chi connectivity index (χ4n) is 3.08. The molecule has 3 aromatic rings. The predicted octanol–water partition coefficient (Wildman–Crippen LogP) is 3.50. The summed E-state index contributed by atoms with van der Waals surface area (Å²) in [6, 6.07) is 7.92. The van der Waals surface area contributed by atoms with Crippen molar-refractivity contribution in [2.24, 2.45) is 0 Å². The maximum atomic E-state index is 14.5. The number of hydrogen-bond acceptors (Lipinski definition) is 5. The molecule has 2 aromatic carbocycles. The molecule has 1 amide bonds. The predicted molar refractivity (Wildman–Crippen MR) is 107 cm³/mol. The number of benzene rings is 2. The van der Waals surface area contributed by atoms with E-state index in [2.05, 4.69) is 20.8 Å². The molecule has 3 rings (SSSR count). The summed E-state index contributed by atoms with van der Waals surface area (Å²) in [5.41, 5.74) is 1.35. The Kier molecular flexibility index (Phi) is 6.51. The quantitative estimate of drug-likeness (QED) is 0.639. The second-order valence-corrected chi connectivity index (χ2v) is 7.33. The molecule has 0 spiro atoms. The minimum atomic E-state index is -0.730. The number of carbonyl (C=O) groups excluding carboxylic acids is 1. The average molecular weight is 415 g/mol. The number of tetrazole rings is 1. The van der Waals surface area contributed by atoms with E-state index < -0.39 is 11.6 Å². The number of nitrogens with zero attached hydrogens (tertiary/aromatic N) is 4. The third-order valence-corrected chi connectivity index (χ3v) is 4.47. The van der Waals surface area contributed by atoms with Gasteiger partial charge in [0.15, 0.2) is 5.82 Å². The molecule has 0 bridgehead atoms. The first kappa shape index (κ1) is 21.5. The van der Waals surface area contributed by atoms with Crippen LogP contribution in [0.15, 0.2) is 36.4 Å². The van der Waals surface area contributed by atoms with E-state index in [0.29, 0.717) is 29.2 Å². The van der Waals surface area contributed by atoms with E-state index in [4.69, 9.17) is 4.74 Å². The van der Waals surface area contributed by atoms with Gasteiger partial charge in [0.2, 0.25) is 0 Å². The lowest BCUT2D eigenvalue weighted by Crippen LogP contribution is -2.35.